The predicted molar refractivity (Wildman–Crippen MR) is 300 cm³/mol. The van der Waals surface area contributed by atoms with E-state index in [2.05, 4.69) is 0 Å². The number of hydrogen-bond donors (Lipinski definition) is 22. The SMILES string of the molecule is OC[C@H]1O[C@@H]2O[C@H]3[C@H](O)[C@@H](O)[C@@H](O[C@H]4[C@H](O)[C@@H](O)[C@@H](O[C@H]5[C@H](O)[C@@H](O)[C@@H](O[C@H]6[C@H](O)[C@@H](O)[C@@H](O[C@H]7[C@H](O)[C@@H](O)[C@@H](O[C@H]8[C@H](O)[C@@H](O)[C@@H](O[C@H]9[C@H](O)[C@@H](O)[C@@H](O[C@H]1[C@H](O)[C@H]2O)O[C@@H]9CO)O[C@@H]8CO)O[C@@H]7C[n+]1ccccc1)O[C@@H]6CO)O[C@@H]5C[n+]1ccccc1)O[C@@H]4CO)O[C@@H]3CO.[Cl-].[Cl-]. The maximum Gasteiger partial charge on any atom is 0.187 e. The molecule has 30 saturated heterocycles. The molecule has 30 aliphatic heterocycles. The van der Waals surface area contributed by atoms with Crippen molar-refractivity contribution >= 4 is 0 Å². The first-order valence-corrected chi connectivity index (χ1v) is 31.8. The lowest BCUT2D eigenvalue weighted by Gasteiger charge is -2.50. The average molecular weight is 1490 g/mol. The molecule has 0 radical (unpaired) electrons. The smallest absolute Gasteiger partial charge is 0.187 e. The molecule has 0 spiro atoms. The highest BCUT2D eigenvalue weighted by Gasteiger charge is 2.61. The van der Waals surface area contributed by atoms with E-state index in [1.165, 1.54) is 9.13 Å². The number of aliphatic hydroxyl groups is 22. The molecule has 572 valence electrons. The van der Waals surface area contributed by atoms with Crippen molar-refractivity contribution in [2.24, 2.45) is 0 Å². The summed E-state index contributed by atoms with van der Waals surface area (Å²) in [4.78, 5) is 0. The predicted octanol–water partition coefficient (Wildman–Crippen LogP) is -21.4. The van der Waals surface area contributed by atoms with Gasteiger partial charge in [-0.1, -0.05) is 12.1 Å². The number of halogens is 2. The van der Waals surface area contributed by atoms with Crippen molar-refractivity contribution in [3.63, 3.8) is 0 Å². The fourth-order valence-electron chi connectivity index (χ4n) is 13.4. The van der Waals surface area contributed by atoms with Crippen molar-refractivity contribution in [1.29, 1.82) is 0 Å². The van der Waals surface area contributed by atoms with E-state index < -0.39 is 285 Å². The maximum atomic E-state index is 11.9. The van der Waals surface area contributed by atoms with Crippen LogP contribution in [0.15, 0.2) is 61.2 Å². The molecule has 0 aliphatic carbocycles. The van der Waals surface area contributed by atoms with Crippen molar-refractivity contribution in [2.45, 2.75) is 259 Å². The topological polar surface area (TPSA) is 601 Å². The summed E-state index contributed by atoms with van der Waals surface area (Å²) in [6.07, 6.45) is -73.5. The molecule has 16 bridgehead atoms. The van der Waals surface area contributed by atoms with Gasteiger partial charge < -0.3 is 213 Å². The van der Waals surface area contributed by atoms with Crippen LogP contribution in [0.1, 0.15) is 0 Å². The molecule has 40 nitrogen and oxygen atoms in total. The minimum Gasteiger partial charge on any atom is -1.00 e. The Bertz CT molecular complexity index is 2730. The molecule has 0 aromatic carbocycles. The highest BCUT2D eigenvalue weighted by atomic mass is 35.5. The van der Waals surface area contributed by atoms with Gasteiger partial charge in [-0.3, -0.25) is 0 Å². The highest BCUT2D eigenvalue weighted by molar-refractivity contribution is 5.03. The van der Waals surface area contributed by atoms with Crippen LogP contribution in [0.4, 0.5) is 0 Å². The Morgan fingerprint density at radius 1 is 0.190 bits per heavy atom. The van der Waals surface area contributed by atoms with Gasteiger partial charge in [-0.05, 0) is 0 Å². The van der Waals surface area contributed by atoms with Crippen LogP contribution < -0.4 is 33.9 Å². The highest BCUT2D eigenvalue weighted by Crippen LogP contribution is 2.40. The summed E-state index contributed by atoms with van der Waals surface area (Å²) in [5.74, 6) is 0. The fraction of sp³-hybridized carbons (Fsp3) is 0.828. The van der Waals surface area contributed by atoms with Crippen LogP contribution in [-0.2, 0) is 88.9 Å². The molecule has 0 amide bonds. The number of rotatable bonds is 10. The summed E-state index contributed by atoms with van der Waals surface area (Å²) in [5, 5.41) is 250. The molecule has 0 saturated carbocycles. The van der Waals surface area contributed by atoms with E-state index in [-0.39, 0.29) is 37.9 Å². The zero-order valence-electron chi connectivity index (χ0n) is 52.5. The molecular formula is C58H88Cl2N2O38. The van der Waals surface area contributed by atoms with Gasteiger partial charge in [-0.15, -0.1) is 0 Å². The first-order chi connectivity index (χ1) is 46.9. The summed E-state index contributed by atoms with van der Waals surface area (Å²) in [5.41, 5.74) is 0. The first kappa shape index (κ1) is 81.4. The molecule has 40 atom stereocenters. The number of pyridine rings is 2. The van der Waals surface area contributed by atoms with Gasteiger partial charge in [0.15, 0.2) is 88.2 Å². The lowest BCUT2D eigenvalue weighted by atomic mass is 9.94. The molecular weight excluding hydrogens is 1400 g/mol. The summed E-state index contributed by atoms with van der Waals surface area (Å²) < 4.78 is 97.8. The van der Waals surface area contributed by atoms with Crippen molar-refractivity contribution in [1.82, 2.24) is 0 Å². The Labute approximate surface area is 579 Å². The van der Waals surface area contributed by atoms with Crippen LogP contribution in [0, 0.1) is 0 Å². The van der Waals surface area contributed by atoms with Crippen molar-refractivity contribution in [3.8, 4) is 0 Å². The minimum atomic E-state index is -2.24. The number of hydrogen-bond acceptors (Lipinski definition) is 38. The Balaban J connectivity index is 0.00000583. The molecule has 30 aliphatic rings. The van der Waals surface area contributed by atoms with Crippen molar-refractivity contribution in [3.05, 3.63) is 61.2 Å². The number of nitrogens with zero attached hydrogens (tertiary/aromatic N) is 2. The zero-order chi connectivity index (χ0) is 70.3. The van der Waals surface area contributed by atoms with Gasteiger partial charge in [0.1, 0.15) is 195 Å². The zero-order valence-corrected chi connectivity index (χ0v) is 54.1. The molecule has 22 N–H and O–H groups in total. The van der Waals surface area contributed by atoms with Crippen LogP contribution in [-0.4, -0.2) is 398 Å². The Kier molecular flexibility index (Phi) is 28.8. The van der Waals surface area contributed by atoms with E-state index in [4.69, 9.17) is 75.8 Å². The van der Waals surface area contributed by atoms with E-state index in [1.807, 2.05) is 0 Å². The van der Waals surface area contributed by atoms with Gasteiger partial charge in [0.05, 0.1) is 39.6 Å². The lowest BCUT2D eigenvalue weighted by molar-refractivity contribution is -0.707. The maximum absolute atomic E-state index is 11.9. The van der Waals surface area contributed by atoms with Gasteiger partial charge in [-0.25, -0.2) is 9.13 Å². The van der Waals surface area contributed by atoms with Crippen LogP contribution in [0.2, 0.25) is 0 Å². The van der Waals surface area contributed by atoms with Gasteiger partial charge in [0.25, 0.3) is 0 Å². The van der Waals surface area contributed by atoms with Gasteiger partial charge in [-0.2, -0.15) is 0 Å². The Morgan fingerprint density at radius 2 is 0.330 bits per heavy atom. The normalized spacial score (nSPS) is 49.8. The summed E-state index contributed by atoms with van der Waals surface area (Å²) in [6.45, 7) is -6.85. The first-order valence-electron chi connectivity index (χ1n) is 31.8. The Hall–Kier alpha value is -2.64. The largest absolute Gasteiger partial charge is 1.00 e. The molecule has 42 heteroatoms. The summed E-state index contributed by atoms with van der Waals surface area (Å²) in [7, 11) is 0. The van der Waals surface area contributed by atoms with Gasteiger partial charge in [0, 0.05) is 24.3 Å². The second-order valence-corrected chi connectivity index (χ2v) is 25.2. The molecule has 30 fully saturated rings. The third-order valence-corrected chi connectivity index (χ3v) is 18.9. The second-order valence-electron chi connectivity index (χ2n) is 25.2. The quantitative estimate of drug-likeness (QED) is 0.0982. The fourth-order valence-corrected chi connectivity index (χ4v) is 13.4. The van der Waals surface area contributed by atoms with Crippen LogP contribution in [0.5, 0.6) is 0 Å². The number of aliphatic hydroxyl groups excluding tert-OH is 22. The number of aromatic nitrogens is 2. The van der Waals surface area contributed by atoms with Crippen LogP contribution in [0.3, 0.4) is 0 Å². The van der Waals surface area contributed by atoms with Gasteiger partial charge >= 0.3 is 0 Å². The average Bonchev–Trinajstić information content (AvgIpc) is 0.779. The molecule has 32 heterocycles. The van der Waals surface area contributed by atoms with Crippen molar-refractivity contribution < 1.29 is 222 Å². The Morgan fingerprint density at radius 3 is 0.480 bits per heavy atom. The third kappa shape index (κ3) is 16.7. The second kappa shape index (κ2) is 35.4. The standard InChI is InChI=1S/C58H88N2O38.2ClH/c61-13-21-45-29(69)37(77)53(85-21)91-43-19(11-59-7-3-1-4-8-59)84-52(36(76)28(43)68)94-46-22(14-62)87-55(39(79)31(46)71)96-48-24(16-64)89-57(41(81)33(48)73)98-50-26(18-66)90-58(42(82)34(50)74)97-49-25(17-65)88-56(40(80)32(49)72)95-47-23(15-63)86-54(38(78)30(47)70)92-44-20(12-60-9-5-2-6-10-60)83-51(93-45)35(75)27(44)67;;/h1-10,19-58,61-82H,11-18H2;2*1H/q+2;;/p-2/t19-,20-,21-,22-,23-,24-,25-,26-,27-,28-,29-,30-,31-,32-,33-,34-,35-,36-,37-,38-,39-,40-,41-,42-,43-,44-,45-,46-,47-,48-,49-,50-,51-,52-,53-,54-,55-,56-,57-,58-;;/m1../s1. The summed E-state index contributed by atoms with van der Waals surface area (Å²) in [6, 6.07) is 9.80. The van der Waals surface area contributed by atoms with E-state index in [0.29, 0.717) is 0 Å². The third-order valence-electron chi connectivity index (χ3n) is 18.9. The van der Waals surface area contributed by atoms with E-state index in [9.17, 15) is 112 Å². The van der Waals surface area contributed by atoms with E-state index in [0.717, 1.165) is 0 Å². The summed E-state index contributed by atoms with van der Waals surface area (Å²) >= 11 is 0. The molecule has 100 heavy (non-hydrogen) atoms. The molecule has 0 unspecified atom stereocenters. The van der Waals surface area contributed by atoms with E-state index >= 15 is 0 Å². The van der Waals surface area contributed by atoms with E-state index in [1.54, 1.807) is 61.2 Å². The van der Waals surface area contributed by atoms with Gasteiger partial charge in [0.2, 0.25) is 0 Å². The monoisotopic (exact) mass is 1490 g/mol. The minimum absolute atomic E-state index is 0. The van der Waals surface area contributed by atoms with Crippen LogP contribution in [0.25, 0.3) is 0 Å². The molecule has 2 aromatic rings. The van der Waals surface area contributed by atoms with Crippen molar-refractivity contribution in [2.75, 3.05) is 39.6 Å². The molecule has 2 aromatic heterocycles. The lowest BCUT2D eigenvalue weighted by Crippen LogP contribution is -3.00. The van der Waals surface area contributed by atoms with Crippen LogP contribution >= 0.6 is 0 Å². The molecule has 32 rings (SSSR count). The number of ether oxygens (including phenoxy) is 16.